The number of carbonyl (C=O) groups is 2. The summed E-state index contributed by atoms with van der Waals surface area (Å²) in [5.41, 5.74) is -0.466. The van der Waals surface area contributed by atoms with Crippen LogP contribution in [-0.4, -0.2) is 27.1 Å². The van der Waals surface area contributed by atoms with Gasteiger partial charge in [-0.05, 0) is 12.1 Å². The van der Waals surface area contributed by atoms with Gasteiger partial charge in [-0.3, -0.25) is 10.1 Å². The maximum atomic E-state index is 10.7. The molecule has 0 saturated heterocycles. The number of nitro groups is 1. The summed E-state index contributed by atoms with van der Waals surface area (Å²) in [7, 11) is 0. The molecule has 0 unspecified atom stereocenters. The molecular formula is C10H8N2O6. The average Bonchev–Trinajstić information content (AvgIpc) is 2.28. The number of nitro benzene ring substituents is 1. The molecule has 1 aromatic rings. The third-order valence-corrected chi connectivity index (χ3v) is 1.86. The van der Waals surface area contributed by atoms with Gasteiger partial charge < -0.3 is 15.5 Å². The van der Waals surface area contributed by atoms with E-state index < -0.39 is 22.6 Å². The monoisotopic (exact) mass is 252 g/mol. The van der Waals surface area contributed by atoms with Crippen LogP contribution in [0.4, 0.5) is 11.4 Å². The van der Waals surface area contributed by atoms with E-state index in [1.807, 2.05) is 0 Å². The summed E-state index contributed by atoms with van der Waals surface area (Å²) in [5, 5.41) is 29.9. The van der Waals surface area contributed by atoms with Crippen molar-refractivity contribution in [1.82, 2.24) is 0 Å². The number of hydrogen-bond donors (Lipinski definition) is 3. The molecule has 8 nitrogen and oxygen atoms in total. The van der Waals surface area contributed by atoms with Crippen LogP contribution in [0.1, 0.15) is 0 Å². The Bertz CT molecular complexity index is 520. The molecule has 0 aliphatic carbocycles. The Morgan fingerprint density at radius 3 is 2.17 bits per heavy atom. The lowest BCUT2D eigenvalue weighted by molar-refractivity contribution is -0.384. The molecule has 0 aromatic heterocycles. The molecule has 0 heterocycles. The summed E-state index contributed by atoms with van der Waals surface area (Å²) in [5.74, 6) is -2.86. The highest BCUT2D eigenvalue weighted by Gasteiger charge is 2.10. The van der Waals surface area contributed by atoms with Gasteiger partial charge >= 0.3 is 11.9 Å². The zero-order chi connectivity index (χ0) is 13.7. The molecule has 18 heavy (non-hydrogen) atoms. The SMILES string of the molecule is O=C(O)/C=C(\Nc1ccc([N+](=O)[O-])cc1)C(=O)O. The highest BCUT2D eigenvalue weighted by atomic mass is 16.6. The number of anilines is 1. The lowest BCUT2D eigenvalue weighted by atomic mass is 10.2. The second-order valence-corrected chi connectivity index (χ2v) is 3.13. The zero-order valence-electron chi connectivity index (χ0n) is 8.86. The first-order chi connectivity index (χ1) is 8.40. The molecule has 8 heteroatoms. The van der Waals surface area contributed by atoms with E-state index in [2.05, 4.69) is 5.32 Å². The van der Waals surface area contributed by atoms with Crippen LogP contribution in [0.5, 0.6) is 0 Å². The fraction of sp³-hybridized carbons (Fsp3) is 0. The number of nitrogens with one attached hydrogen (secondary N) is 1. The second-order valence-electron chi connectivity index (χ2n) is 3.13. The molecule has 0 amide bonds. The van der Waals surface area contributed by atoms with Gasteiger partial charge in [0.05, 0.1) is 11.0 Å². The van der Waals surface area contributed by atoms with Gasteiger partial charge in [-0.25, -0.2) is 9.59 Å². The molecule has 0 aliphatic heterocycles. The van der Waals surface area contributed by atoms with Crippen LogP contribution < -0.4 is 5.32 Å². The van der Waals surface area contributed by atoms with Crippen molar-refractivity contribution in [2.45, 2.75) is 0 Å². The normalized spacial score (nSPS) is 10.8. The van der Waals surface area contributed by atoms with E-state index in [9.17, 15) is 19.7 Å². The fourth-order valence-corrected chi connectivity index (χ4v) is 1.10. The number of aliphatic carboxylic acids is 2. The average molecular weight is 252 g/mol. The summed E-state index contributed by atoms with van der Waals surface area (Å²) in [4.78, 5) is 30.9. The van der Waals surface area contributed by atoms with Crippen LogP contribution in [0.25, 0.3) is 0 Å². The molecule has 0 fully saturated rings. The topological polar surface area (TPSA) is 130 Å². The second kappa shape index (κ2) is 5.43. The minimum Gasteiger partial charge on any atom is -0.478 e. The Morgan fingerprint density at radius 2 is 1.78 bits per heavy atom. The van der Waals surface area contributed by atoms with Gasteiger partial charge in [0.2, 0.25) is 0 Å². The molecule has 0 saturated carbocycles. The molecule has 0 spiro atoms. The van der Waals surface area contributed by atoms with Crippen molar-refractivity contribution in [2.75, 3.05) is 5.32 Å². The van der Waals surface area contributed by atoms with Gasteiger partial charge in [0, 0.05) is 17.8 Å². The van der Waals surface area contributed by atoms with E-state index in [0.29, 0.717) is 6.08 Å². The summed E-state index contributed by atoms with van der Waals surface area (Å²) in [6, 6.07) is 4.89. The summed E-state index contributed by atoms with van der Waals surface area (Å²) < 4.78 is 0. The van der Waals surface area contributed by atoms with E-state index in [-0.39, 0.29) is 11.4 Å². The summed E-state index contributed by atoms with van der Waals surface area (Å²) in [6.07, 6.45) is 0.490. The first-order valence-corrected chi connectivity index (χ1v) is 4.59. The van der Waals surface area contributed by atoms with Crippen molar-refractivity contribution in [3.63, 3.8) is 0 Å². The maximum absolute atomic E-state index is 10.7. The third kappa shape index (κ3) is 3.59. The van der Waals surface area contributed by atoms with Crippen LogP contribution in [0.15, 0.2) is 36.0 Å². The van der Waals surface area contributed by atoms with E-state index in [4.69, 9.17) is 10.2 Å². The van der Waals surface area contributed by atoms with Crippen LogP contribution in [0.3, 0.4) is 0 Å². The molecule has 94 valence electrons. The van der Waals surface area contributed by atoms with Crippen LogP contribution in [-0.2, 0) is 9.59 Å². The Labute approximate surface area is 100 Å². The Kier molecular flexibility index (Phi) is 3.98. The van der Waals surface area contributed by atoms with Crippen molar-refractivity contribution in [1.29, 1.82) is 0 Å². The smallest absolute Gasteiger partial charge is 0.352 e. The quantitative estimate of drug-likeness (QED) is 0.405. The van der Waals surface area contributed by atoms with E-state index in [0.717, 1.165) is 0 Å². The molecule has 0 aliphatic rings. The van der Waals surface area contributed by atoms with Gasteiger partial charge in [0.25, 0.3) is 5.69 Å². The van der Waals surface area contributed by atoms with Crippen molar-refractivity contribution in [2.24, 2.45) is 0 Å². The van der Waals surface area contributed by atoms with Crippen LogP contribution in [0, 0.1) is 10.1 Å². The third-order valence-electron chi connectivity index (χ3n) is 1.86. The highest BCUT2D eigenvalue weighted by molar-refractivity contribution is 5.97. The first-order valence-electron chi connectivity index (χ1n) is 4.59. The first kappa shape index (κ1) is 13.2. The summed E-state index contributed by atoms with van der Waals surface area (Å²) in [6.45, 7) is 0. The van der Waals surface area contributed by atoms with Gasteiger partial charge in [0.1, 0.15) is 5.70 Å². The Balaban J connectivity index is 2.92. The number of rotatable bonds is 5. The zero-order valence-corrected chi connectivity index (χ0v) is 8.86. The minimum atomic E-state index is -1.45. The number of benzene rings is 1. The van der Waals surface area contributed by atoms with Crippen molar-refractivity contribution in [3.05, 3.63) is 46.2 Å². The van der Waals surface area contributed by atoms with Gasteiger partial charge in [-0.15, -0.1) is 0 Å². The largest absolute Gasteiger partial charge is 0.478 e. The predicted octanol–water partition coefficient (Wildman–Crippen LogP) is 1.06. The number of carboxylic acid groups (broad SMARTS) is 2. The maximum Gasteiger partial charge on any atom is 0.352 e. The molecule has 1 rings (SSSR count). The molecule has 0 bridgehead atoms. The van der Waals surface area contributed by atoms with Crippen LogP contribution >= 0.6 is 0 Å². The number of non-ortho nitro benzene ring substituents is 1. The predicted molar refractivity (Wildman–Crippen MR) is 60.1 cm³/mol. The van der Waals surface area contributed by atoms with Crippen LogP contribution in [0.2, 0.25) is 0 Å². The number of hydrogen-bond acceptors (Lipinski definition) is 5. The van der Waals surface area contributed by atoms with Crippen molar-refractivity contribution < 1.29 is 24.7 Å². The lowest BCUT2D eigenvalue weighted by Crippen LogP contribution is -2.12. The van der Waals surface area contributed by atoms with Crippen molar-refractivity contribution in [3.8, 4) is 0 Å². The molecule has 3 N–H and O–H groups in total. The fourth-order valence-electron chi connectivity index (χ4n) is 1.10. The van der Waals surface area contributed by atoms with E-state index in [1.54, 1.807) is 0 Å². The van der Waals surface area contributed by atoms with E-state index in [1.165, 1.54) is 24.3 Å². The number of nitrogens with zero attached hydrogens (tertiary/aromatic N) is 1. The Hall–Kier alpha value is -2.90. The van der Waals surface area contributed by atoms with Gasteiger partial charge in [-0.2, -0.15) is 0 Å². The van der Waals surface area contributed by atoms with E-state index >= 15 is 0 Å². The van der Waals surface area contributed by atoms with Gasteiger partial charge in [-0.1, -0.05) is 0 Å². The molecule has 1 aromatic carbocycles. The molecule has 0 atom stereocenters. The van der Waals surface area contributed by atoms with Gasteiger partial charge in [0.15, 0.2) is 0 Å². The lowest BCUT2D eigenvalue weighted by Gasteiger charge is -2.05. The Morgan fingerprint density at radius 1 is 1.22 bits per heavy atom. The highest BCUT2D eigenvalue weighted by Crippen LogP contribution is 2.16. The summed E-state index contributed by atoms with van der Waals surface area (Å²) >= 11 is 0. The molecule has 0 radical (unpaired) electrons. The minimum absolute atomic E-state index is 0.153. The van der Waals surface area contributed by atoms with Crippen molar-refractivity contribution >= 4 is 23.3 Å². The number of carboxylic acids is 2. The standard InChI is InChI=1S/C10H8N2O6/c13-9(14)5-8(10(15)16)11-6-1-3-7(4-2-6)12(17)18/h1-5,11H,(H,13,14)(H,15,16)/b8-5-. The molecular weight excluding hydrogens is 244 g/mol.